The number of rotatable bonds is 9. The molecule has 0 aliphatic carbocycles. The molecule has 0 saturated carbocycles. The molecule has 0 spiro atoms. The lowest BCUT2D eigenvalue weighted by Crippen LogP contribution is -2.42. The Morgan fingerprint density at radius 3 is 2.36 bits per heavy atom. The fourth-order valence-corrected chi connectivity index (χ4v) is 4.99. The number of hydrogen-bond acceptors (Lipinski definition) is 7. The SMILES string of the molecule is CN1CCC(N(C)c2cc(-c3ccc(F)cc3F)c(F)cc2N(C=O)Cc2ccc(-c3nnc(C(F)F)o3)cn2)CC1. The van der Waals surface area contributed by atoms with E-state index in [9.17, 15) is 22.4 Å². The Kier molecular flexibility index (Phi) is 8.48. The number of alkyl halides is 2. The van der Waals surface area contributed by atoms with Crippen molar-refractivity contribution in [1.82, 2.24) is 20.1 Å². The van der Waals surface area contributed by atoms with Crippen molar-refractivity contribution in [2.24, 2.45) is 0 Å². The minimum atomic E-state index is -2.91. The number of likely N-dealkylation sites (tertiary alicyclic amines) is 1. The van der Waals surface area contributed by atoms with E-state index < -0.39 is 29.8 Å². The van der Waals surface area contributed by atoms with E-state index in [2.05, 4.69) is 20.1 Å². The van der Waals surface area contributed by atoms with Gasteiger partial charge in [-0.15, -0.1) is 10.2 Å². The number of aromatic nitrogens is 3. The molecule has 2 aromatic heterocycles. The smallest absolute Gasteiger partial charge is 0.314 e. The molecule has 0 radical (unpaired) electrons. The fraction of sp³-hybridized carbons (Fsp3) is 0.310. The van der Waals surface area contributed by atoms with E-state index >= 15 is 4.39 Å². The molecule has 42 heavy (non-hydrogen) atoms. The van der Waals surface area contributed by atoms with Gasteiger partial charge in [0.05, 0.1) is 29.2 Å². The molecule has 4 aromatic rings. The quantitative estimate of drug-likeness (QED) is 0.180. The highest BCUT2D eigenvalue weighted by molar-refractivity contribution is 5.87. The number of benzene rings is 2. The van der Waals surface area contributed by atoms with Crippen LogP contribution in [-0.4, -0.2) is 59.7 Å². The third kappa shape index (κ3) is 6.10. The van der Waals surface area contributed by atoms with Crippen molar-refractivity contribution < 1.29 is 31.2 Å². The first-order valence-electron chi connectivity index (χ1n) is 13.1. The van der Waals surface area contributed by atoms with E-state index in [0.29, 0.717) is 29.4 Å². The van der Waals surface area contributed by atoms with Crippen LogP contribution in [0.25, 0.3) is 22.6 Å². The summed E-state index contributed by atoms with van der Waals surface area (Å²) in [5.74, 6) is -3.43. The standard InChI is InChI=1S/C29H27F5N6O2/c1-38-9-7-20(8-10-38)39(2)25-12-22(21-6-4-18(30)11-23(21)31)24(32)13-26(25)40(16-41)15-19-5-3-17(14-35-19)28-36-37-29(42-28)27(33)34/h3-6,11-14,16,20,27H,7-10,15H2,1-2H3. The number of anilines is 2. The lowest BCUT2D eigenvalue weighted by molar-refractivity contribution is -0.107. The lowest BCUT2D eigenvalue weighted by Gasteiger charge is -2.38. The molecular weight excluding hydrogens is 559 g/mol. The third-order valence-corrected chi connectivity index (χ3v) is 7.37. The highest BCUT2D eigenvalue weighted by Crippen LogP contribution is 2.39. The minimum absolute atomic E-state index is 0.0617. The van der Waals surface area contributed by atoms with Crippen LogP contribution in [-0.2, 0) is 11.3 Å². The summed E-state index contributed by atoms with van der Waals surface area (Å²) in [5.41, 5.74) is 1.25. The molecule has 0 bridgehead atoms. The van der Waals surface area contributed by atoms with Crippen molar-refractivity contribution >= 4 is 17.8 Å². The van der Waals surface area contributed by atoms with E-state index in [1.54, 1.807) is 6.07 Å². The molecule has 1 amide bonds. The Balaban J connectivity index is 1.49. The van der Waals surface area contributed by atoms with Gasteiger partial charge in [0.15, 0.2) is 0 Å². The van der Waals surface area contributed by atoms with Crippen LogP contribution in [0.3, 0.4) is 0 Å². The molecule has 2 aromatic carbocycles. The fourth-order valence-electron chi connectivity index (χ4n) is 4.99. The molecule has 1 aliphatic heterocycles. The highest BCUT2D eigenvalue weighted by atomic mass is 19.3. The topological polar surface area (TPSA) is 78.6 Å². The zero-order valence-electron chi connectivity index (χ0n) is 22.8. The number of piperidine rings is 1. The van der Waals surface area contributed by atoms with E-state index in [1.165, 1.54) is 29.3 Å². The molecule has 0 atom stereocenters. The lowest BCUT2D eigenvalue weighted by atomic mass is 9.99. The summed E-state index contributed by atoms with van der Waals surface area (Å²) in [5, 5.41) is 6.89. The van der Waals surface area contributed by atoms with E-state index in [1.807, 2.05) is 19.0 Å². The van der Waals surface area contributed by atoms with Crippen molar-refractivity contribution in [3.63, 3.8) is 0 Å². The Hall–Kier alpha value is -4.39. The number of carbonyl (C=O) groups is 1. The Bertz CT molecular complexity index is 1560. The maximum atomic E-state index is 15.6. The first kappa shape index (κ1) is 29.1. The maximum Gasteiger partial charge on any atom is 0.314 e. The largest absolute Gasteiger partial charge is 0.415 e. The van der Waals surface area contributed by atoms with Gasteiger partial charge in [-0.3, -0.25) is 9.78 Å². The third-order valence-electron chi connectivity index (χ3n) is 7.37. The summed E-state index contributed by atoms with van der Waals surface area (Å²) < 4.78 is 74.4. The zero-order valence-corrected chi connectivity index (χ0v) is 22.8. The van der Waals surface area contributed by atoms with E-state index in [4.69, 9.17) is 4.42 Å². The summed E-state index contributed by atoms with van der Waals surface area (Å²) >= 11 is 0. The predicted molar refractivity (Wildman–Crippen MR) is 145 cm³/mol. The molecule has 3 heterocycles. The minimum Gasteiger partial charge on any atom is -0.415 e. The van der Waals surface area contributed by atoms with Gasteiger partial charge in [-0.1, -0.05) is 0 Å². The van der Waals surface area contributed by atoms with Crippen LogP contribution in [0.5, 0.6) is 0 Å². The maximum absolute atomic E-state index is 15.6. The van der Waals surface area contributed by atoms with Crippen molar-refractivity contribution in [2.75, 3.05) is 37.0 Å². The summed E-state index contributed by atoms with van der Waals surface area (Å²) in [7, 11) is 3.86. The molecule has 1 aliphatic rings. The molecule has 8 nitrogen and oxygen atoms in total. The van der Waals surface area contributed by atoms with E-state index in [-0.39, 0.29) is 35.3 Å². The van der Waals surface area contributed by atoms with Crippen molar-refractivity contribution in [1.29, 1.82) is 0 Å². The number of halogens is 5. The summed E-state index contributed by atoms with van der Waals surface area (Å²) in [4.78, 5) is 22.1. The molecule has 5 rings (SSSR count). The normalized spacial score (nSPS) is 14.4. The van der Waals surface area contributed by atoms with Crippen LogP contribution in [0.2, 0.25) is 0 Å². The monoisotopic (exact) mass is 586 g/mol. The second-order valence-corrected chi connectivity index (χ2v) is 10.1. The van der Waals surface area contributed by atoms with Gasteiger partial charge in [0.25, 0.3) is 5.89 Å². The second kappa shape index (κ2) is 12.2. The molecule has 220 valence electrons. The van der Waals surface area contributed by atoms with Gasteiger partial charge >= 0.3 is 6.43 Å². The van der Waals surface area contributed by atoms with Gasteiger partial charge in [-0.2, -0.15) is 8.78 Å². The van der Waals surface area contributed by atoms with Crippen LogP contribution >= 0.6 is 0 Å². The second-order valence-electron chi connectivity index (χ2n) is 10.1. The van der Waals surface area contributed by atoms with E-state index in [0.717, 1.165) is 38.1 Å². The average molecular weight is 587 g/mol. The summed E-state index contributed by atoms with van der Waals surface area (Å²) in [6, 6.07) is 8.71. The van der Waals surface area contributed by atoms with Crippen LogP contribution < -0.4 is 9.80 Å². The summed E-state index contributed by atoms with van der Waals surface area (Å²) in [6.45, 7) is 1.63. The predicted octanol–water partition coefficient (Wildman–Crippen LogP) is 5.85. The number of carbonyl (C=O) groups excluding carboxylic acids is 1. The molecule has 1 saturated heterocycles. The van der Waals surface area contributed by atoms with Crippen molar-refractivity contribution in [3.8, 4) is 22.6 Å². The van der Waals surface area contributed by atoms with Crippen molar-refractivity contribution in [2.45, 2.75) is 31.9 Å². The van der Waals surface area contributed by atoms with Gasteiger partial charge in [-0.05, 0) is 63.3 Å². The Labute approximate surface area is 238 Å². The van der Waals surface area contributed by atoms with Crippen LogP contribution in [0.4, 0.5) is 33.3 Å². The van der Waals surface area contributed by atoms with Crippen molar-refractivity contribution in [3.05, 3.63) is 77.7 Å². The number of nitrogens with zero attached hydrogens (tertiary/aromatic N) is 6. The van der Waals surface area contributed by atoms with Gasteiger partial charge in [-0.25, -0.2) is 13.2 Å². The highest BCUT2D eigenvalue weighted by Gasteiger charge is 2.27. The van der Waals surface area contributed by atoms with Crippen LogP contribution in [0.15, 0.2) is 53.1 Å². The van der Waals surface area contributed by atoms with Gasteiger partial charge < -0.3 is 19.1 Å². The zero-order chi connectivity index (χ0) is 30.0. The summed E-state index contributed by atoms with van der Waals surface area (Å²) in [6.07, 6.45) is 0.608. The number of amides is 1. The van der Waals surface area contributed by atoms with Crippen LogP contribution in [0.1, 0.15) is 30.9 Å². The Morgan fingerprint density at radius 1 is 1.00 bits per heavy atom. The molecule has 0 unspecified atom stereocenters. The van der Waals surface area contributed by atoms with Gasteiger partial charge in [0.2, 0.25) is 12.3 Å². The molecule has 0 N–H and O–H groups in total. The average Bonchev–Trinajstić information content (AvgIpc) is 3.48. The molecule has 13 heteroatoms. The molecular formula is C29H27F5N6O2. The first-order valence-corrected chi connectivity index (χ1v) is 13.1. The van der Waals surface area contributed by atoms with Crippen LogP contribution in [0, 0.1) is 17.5 Å². The molecule has 1 fully saturated rings. The number of hydrogen-bond donors (Lipinski definition) is 0. The number of pyridine rings is 1. The van der Waals surface area contributed by atoms with Gasteiger partial charge in [0, 0.05) is 42.5 Å². The first-order chi connectivity index (χ1) is 20.1. The van der Waals surface area contributed by atoms with Gasteiger partial charge in [0.1, 0.15) is 17.5 Å². The Morgan fingerprint density at radius 2 is 1.74 bits per heavy atom.